The summed E-state index contributed by atoms with van der Waals surface area (Å²) in [5.41, 5.74) is 6.20. The first-order chi connectivity index (χ1) is 6.58. The Morgan fingerprint density at radius 1 is 1.21 bits per heavy atom. The summed E-state index contributed by atoms with van der Waals surface area (Å²) in [6, 6.07) is 6.36. The van der Waals surface area contributed by atoms with Crippen molar-refractivity contribution >= 4 is 28.2 Å². The fourth-order valence-electron chi connectivity index (χ4n) is 0.889. The molecule has 0 aromatic heterocycles. The topological polar surface area (TPSA) is 108 Å². The van der Waals surface area contributed by atoms with E-state index in [-0.39, 0.29) is 5.96 Å². The van der Waals surface area contributed by atoms with Crippen molar-refractivity contribution in [3.05, 3.63) is 24.3 Å². The molecule has 1 aromatic rings. The number of nitrogens with one attached hydrogen (secondary N) is 3. The van der Waals surface area contributed by atoms with Crippen LogP contribution in [0.4, 0.5) is 11.4 Å². The number of nitrogens with two attached hydrogens (primary N) is 1. The Bertz CT molecular complexity index is 391. The van der Waals surface area contributed by atoms with Crippen LogP contribution < -0.4 is 15.8 Å². The highest BCUT2D eigenvalue weighted by Gasteiger charge is 1.94. The van der Waals surface area contributed by atoms with Crippen LogP contribution in [0.3, 0.4) is 0 Å². The van der Waals surface area contributed by atoms with Crippen LogP contribution in [-0.4, -0.2) is 14.4 Å². The minimum absolute atomic E-state index is 0.166. The Labute approximate surface area is 82.7 Å². The number of hydrogen-bond donors (Lipinski definition) is 5. The molecule has 76 valence electrons. The lowest BCUT2D eigenvalue weighted by Crippen LogP contribution is -2.20. The molecular weight excluding hydrogens is 204 g/mol. The summed E-state index contributed by atoms with van der Waals surface area (Å²) in [7, 11) is -2.64. The van der Waals surface area contributed by atoms with E-state index in [1.165, 1.54) is 0 Å². The molecule has 0 aliphatic heterocycles. The third-order valence-corrected chi connectivity index (χ3v) is 1.83. The van der Waals surface area contributed by atoms with Gasteiger partial charge in [0, 0.05) is 11.4 Å². The highest BCUT2D eigenvalue weighted by atomic mass is 32.2. The molecule has 1 rings (SSSR count). The van der Waals surface area contributed by atoms with Gasteiger partial charge in [0.25, 0.3) is 0 Å². The van der Waals surface area contributed by atoms with E-state index in [0.29, 0.717) is 11.4 Å². The number of guanidine groups is 1. The predicted octanol–water partition coefficient (Wildman–Crippen LogP) is -0.0697. The largest absolute Gasteiger partial charge is 0.370 e. The van der Waals surface area contributed by atoms with Gasteiger partial charge in [-0.25, -0.2) is 8.42 Å². The summed E-state index contributed by atoms with van der Waals surface area (Å²) in [6.07, 6.45) is 0. The molecule has 0 heterocycles. The maximum atomic E-state index is 10.3. The number of rotatable bonds is 3. The number of anilines is 2. The third kappa shape index (κ3) is 3.31. The average Bonchev–Trinajstić information content (AvgIpc) is 2.06. The molecule has 0 unspecified atom stereocenters. The van der Waals surface area contributed by atoms with Gasteiger partial charge >= 0.3 is 0 Å². The van der Waals surface area contributed by atoms with Crippen LogP contribution in [-0.2, 0) is 10.9 Å². The Hall–Kier alpha value is -1.76. The lowest BCUT2D eigenvalue weighted by molar-refractivity contribution is 0.619. The first kappa shape index (κ1) is 10.3. The lowest BCUT2D eigenvalue weighted by atomic mass is 10.3. The van der Waals surface area contributed by atoms with Gasteiger partial charge in [-0.1, -0.05) is 0 Å². The molecule has 0 radical (unpaired) electrons. The monoisotopic (exact) mass is 214 g/mol. The van der Waals surface area contributed by atoms with E-state index in [1.807, 2.05) is 0 Å². The zero-order valence-electron chi connectivity index (χ0n) is 7.15. The molecule has 0 spiro atoms. The molecule has 0 saturated carbocycles. The Kier molecular flexibility index (Phi) is 3.29. The second-order valence-electron chi connectivity index (χ2n) is 2.48. The van der Waals surface area contributed by atoms with Crippen LogP contribution in [0.25, 0.3) is 0 Å². The molecule has 0 atom stereocenters. The van der Waals surface area contributed by atoms with Gasteiger partial charge in [0.1, 0.15) is 0 Å². The van der Waals surface area contributed by atoms with E-state index in [1.54, 1.807) is 24.3 Å². The minimum Gasteiger partial charge on any atom is -0.370 e. The summed E-state index contributed by atoms with van der Waals surface area (Å²) < 4.78 is 22.8. The smallest absolute Gasteiger partial charge is 0.222 e. The van der Waals surface area contributed by atoms with E-state index in [9.17, 15) is 8.42 Å². The van der Waals surface area contributed by atoms with Gasteiger partial charge in [-0.2, -0.15) is 0 Å². The van der Waals surface area contributed by atoms with Crippen LogP contribution in [0, 0.1) is 5.41 Å². The second kappa shape index (κ2) is 4.47. The molecule has 0 saturated heterocycles. The van der Waals surface area contributed by atoms with E-state index in [4.69, 9.17) is 11.1 Å². The van der Waals surface area contributed by atoms with Gasteiger partial charge in [0.05, 0.1) is 0 Å². The predicted molar refractivity (Wildman–Crippen MR) is 55.9 cm³/mol. The fraction of sp³-hybridized carbons (Fsp3) is 0. The molecule has 0 aliphatic rings. The molecule has 1 aromatic carbocycles. The molecule has 0 fully saturated rings. The van der Waals surface area contributed by atoms with Crippen LogP contribution in [0.5, 0.6) is 0 Å². The Morgan fingerprint density at radius 3 is 2.14 bits per heavy atom. The number of hydrogen-bond acceptors (Lipinski definition) is 3. The summed E-state index contributed by atoms with van der Waals surface area (Å²) in [5, 5.41) is 9.52. The normalized spacial score (nSPS) is 9.79. The maximum absolute atomic E-state index is 10.3. The van der Waals surface area contributed by atoms with Crippen LogP contribution in [0.15, 0.2) is 24.3 Å². The van der Waals surface area contributed by atoms with E-state index in [0.717, 1.165) is 0 Å². The summed E-state index contributed by atoms with van der Waals surface area (Å²) >= 11 is 0. The quantitative estimate of drug-likeness (QED) is 0.276. The van der Waals surface area contributed by atoms with Gasteiger partial charge in [-0.15, -0.1) is 0 Å². The molecule has 0 amide bonds. The van der Waals surface area contributed by atoms with E-state index in [2.05, 4.69) is 10.0 Å². The fourth-order valence-corrected chi connectivity index (χ4v) is 1.25. The van der Waals surface area contributed by atoms with Crippen molar-refractivity contribution in [2.45, 2.75) is 0 Å². The summed E-state index contributed by atoms with van der Waals surface area (Å²) in [4.78, 5) is 0. The van der Waals surface area contributed by atoms with Crippen molar-refractivity contribution < 1.29 is 8.42 Å². The molecule has 6 nitrogen and oxygen atoms in total. The van der Waals surface area contributed by atoms with Crippen molar-refractivity contribution in [2.75, 3.05) is 10.0 Å². The van der Waals surface area contributed by atoms with E-state index >= 15 is 0 Å². The lowest BCUT2D eigenvalue weighted by Gasteiger charge is -2.04. The van der Waals surface area contributed by atoms with Crippen molar-refractivity contribution in [1.29, 1.82) is 5.41 Å². The SMILES string of the molecule is N=C(N)Nc1ccc(N[SH](=O)=O)cc1. The average molecular weight is 214 g/mol. The number of benzene rings is 1. The van der Waals surface area contributed by atoms with Gasteiger partial charge in [-0.3, -0.25) is 10.1 Å². The highest BCUT2D eigenvalue weighted by Crippen LogP contribution is 2.12. The Morgan fingerprint density at radius 2 is 1.71 bits per heavy atom. The standard InChI is InChI=1S/C7H10N4O2S/c8-7(9)10-5-1-3-6(4-2-5)11-14(12)13/h1-4,14H,(H4,8,9,10)(H,11,12,13). The Balaban J connectivity index is 2.73. The van der Waals surface area contributed by atoms with Gasteiger partial charge in [-0.05, 0) is 24.3 Å². The van der Waals surface area contributed by atoms with Crippen LogP contribution >= 0.6 is 0 Å². The molecular formula is C7H10N4O2S. The third-order valence-electron chi connectivity index (χ3n) is 1.38. The van der Waals surface area contributed by atoms with Crippen LogP contribution in [0.2, 0.25) is 0 Å². The highest BCUT2D eigenvalue weighted by molar-refractivity contribution is 7.73. The first-order valence-electron chi connectivity index (χ1n) is 3.70. The maximum Gasteiger partial charge on any atom is 0.222 e. The second-order valence-corrected chi connectivity index (χ2v) is 3.22. The van der Waals surface area contributed by atoms with Gasteiger partial charge < -0.3 is 11.1 Å². The molecule has 7 heteroatoms. The molecule has 5 N–H and O–H groups in total. The zero-order valence-corrected chi connectivity index (χ0v) is 8.04. The number of thiol groups is 1. The minimum atomic E-state index is -2.64. The van der Waals surface area contributed by atoms with Crippen molar-refractivity contribution in [2.24, 2.45) is 5.73 Å². The van der Waals surface area contributed by atoms with Crippen molar-refractivity contribution in [1.82, 2.24) is 0 Å². The van der Waals surface area contributed by atoms with Crippen LogP contribution in [0.1, 0.15) is 0 Å². The van der Waals surface area contributed by atoms with Crippen molar-refractivity contribution in [3.8, 4) is 0 Å². The van der Waals surface area contributed by atoms with Gasteiger partial charge in [0.15, 0.2) is 5.96 Å². The molecule has 0 bridgehead atoms. The molecule has 0 aliphatic carbocycles. The summed E-state index contributed by atoms with van der Waals surface area (Å²) in [5.74, 6) is -0.166. The first-order valence-corrected chi connectivity index (χ1v) is 4.88. The molecule has 14 heavy (non-hydrogen) atoms. The van der Waals surface area contributed by atoms with Gasteiger partial charge in [0.2, 0.25) is 10.9 Å². The van der Waals surface area contributed by atoms with Crippen molar-refractivity contribution in [3.63, 3.8) is 0 Å². The van der Waals surface area contributed by atoms with E-state index < -0.39 is 10.9 Å². The summed E-state index contributed by atoms with van der Waals surface area (Å²) in [6.45, 7) is 0. The zero-order chi connectivity index (χ0) is 10.6.